The SMILES string of the molecule is CC(NC(=O)COC(=O)C(O)(c1ccccc1)c1ccccc1)c1ccc2ccccc2c1. The lowest BCUT2D eigenvalue weighted by molar-refractivity contribution is -0.164. The lowest BCUT2D eigenvalue weighted by Gasteiger charge is -2.27. The second kappa shape index (κ2) is 9.67. The van der Waals surface area contributed by atoms with Crippen LogP contribution in [0.4, 0.5) is 0 Å². The predicted octanol–water partition coefficient (Wildman–Crippen LogP) is 4.50. The summed E-state index contributed by atoms with van der Waals surface area (Å²) in [5, 5.41) is 16.4. The highest BCUT2D eigenvalue weighted by Crippen LogP contribution is 2.31. The van der Waals surface area contributed by atoms with Gasteiger partial charge in [0, 0.05) is 0 Å². The van der Waals surface area contributed by atoms with E-state index in [9.17, 15) is 14.7 Å². The van der Waals surface area contributed by atoms with Gasteiger partial charge in [-0.2, -0.15) is 0 Å². The lowest BCUT2D eigenvalue weighted by atomic mass is 9.86. The fourth-order valence-electron chi connectivity index (χ4n) is 3.84. The van der Waals surface area contributed by atoms with Crippen LogP contribution in [0.3, 0.4) is 0 Å². The summed E-state index contributed by atoms with van der Waals surface area (Å²) < 4.78 is 5.28. The molecule has 0 spiro atoms. The van der Waals surface area contributed by atoms with E-state index in [2.05, 4.69) is 5.32 Å². The molecule has 4 aromatic carbocycles. The molecular weight excluding hydrogens is 414 g/mol. The molecule has 0 aliphatic carbocycles. The van der Waals surface area contributed by atoms with E-state index in [-0.39, 0.29) is 6.04 Å². The first-order valence-corrected chi connectivity index (χ1v) is 10.8. The highest BCUT2D eigenvalue weighted by molar-refractivity contribution is 5.88. The first-order valence-electron chi connectivity index (χ1n) is 10.8. The van der Waals surface area contributed by atoms with Crippen molar-refractivity contribution >= 4 is 22.6 Å². The standard InChI is InChI=1S/C28H25NO4/c1-20(22-17-16-21-10-8-9-11-23(21)18-22)29-26(30)19-33-27(31)28(32,24-12-4-2-5-13-24)25-14-6-3-7-15-25/h2-18,20,32H,19H2,1H3,(H,29,30). The number of carbonyl (C=O) groups excluding carboxylic acids is 2. The molecular formula is C28H25NO4. The molecule has 4 aromatic rings. The number of amides is 1. The highest BCUT2D eigenvalue weighted by atomic mass is 16.6. The molecule has 0 saturated carbocycles. The average molecular weight is 440 g/mol. The summed E-state index contributed by atoms with van der Waals surface area (Å²) in [4.78, 5) is 25.5. The molecule has 1 atom stereocenters. The van der Waals surface area contributed by atoms with Crippen LogP contribution in [-0.2, 0) is 19.9 Å². The van der Waals surface area contributed by atoms with Gasteiger partial charge < -0.3 is 15.2 Å². The van der Waals surface area contributed by atoms with Crippen LogP contribution in [-0.4, -0.2) is 23.6 Å². The number of carbonyl (C=O) groups is 2. The Morgan fingerprint density at radius 3 is 1.97 bits per heavy atom. The molecule has 33 heavy (non-hydrogen) atoms. The number of hydrogen-bond donors (Lipinski definition) is 2. The third kappa shape index (κ3) is 4.78. The highest BCUT2D eigenvalue weighted by Gasteiger charge is 2.41. The lowest BCUT2D eigenvalue weighted by Crippen LogP contribution is -2.40. The zero-order valence-corrected chi connectivity index (χ0v) is 18.3. The predicted molar refractivity (Wildman–Crippen MR) is 127 cm³/mol. The van der Waals surface area contributed by atoms with Crippen molar-refractivity contribution in [2.75, 3.05) is 6.61 Å². The van der Waals surface area contributed by atoms with Crippen molar-refractivity contribution in [3.63, 3.8) is 0 Å². The van der Waals surface area contributed by atoms with E-state index in [1.54, 1.807) is 60.7 Å². The summed E-state index contributed by atoms with van der Waals surface area (Å²) in [5.74, 6) is -1.36. The minimum absolute atomic E-state index is 0.275. The fourth-order valence-corrected chi connectivity index (χ4v) is 3.84. The Labute approximate surface area is 192 Å². The second-order valence-electron chi connectivity index (χ2n) is 7.91. The number of ether oxygens (including phenoxy) is 1. The second-order valence-corrected chi connectivity index (χ2v) is 7.91. The summed E-state index contributed by atoms with van der Waals surface area (Å²) in [6.07, 6.45) is 0. The van der Waals surface area contributed by atoms with E-state index >= 15 is 0 Å². The number of fused-ring (bicyclic) bond motifs is 1. The van der Waals surface area contributed by atoms with E-state index in [4.69, 9.17) is 4.74 Å². The van der Waals surface area contributed by atoms with Crippen LogP contribution >= 0.6 is 0 Å². The summed E-state index contributed by atoms with van der Waals surface area (Å²) in [6.45, 7) is 1.37. The average Bonchev–Trinajstić information content (AvgIpc) is 2.87. The summed E-state index contributed by atoms with van der Waals surface area (Å²) >= 11 is 0. The first-order chi connectivity index (χ1) is 16.0. The van der Waals surface area contributed by atoms with Gasteiger partial charge in [0.1, 0.15) is 0 Å². The van der Waals surface area contributed by atoms with Gasteiger partial charge in [0.25, 0.3) is 5.91 Å². The molecule has 166 valence electrons. The maximum absolute atomic E-state index is 13.0. The van der Waals surface area contributed by atoms with Gasteiger partial charge in [-0.05, 0) is 40.5 Å². The molecule has 0 heterocycles. The monoisotopic (exact) mass is 439 g/mol. The fraction of sp³-hybridized carbons (Fsp3) is 0.143. The van der Waals surface area contributed by atoms with E-state index < -0.39 is 24.1 Å². The Hall–Kier alpha value is -3.96. The molecule has 1 amide bonds. The van der Waals surface area contributed by atoms with E-state index in [1.807, 2.05) is 49.4 Å². The van der Waals surface area contributed by atoms with Gasteiger partial charge in [-0.15, -0.1) is 0 Å². The van der Waals surface area contributed by atoms with Gasteiger partial charge in [0.2, 0.25) is 5.60 Å². The molecule has 0 aromatic heterocycles. The quantitative estimate of drug-likeness (QED) is 0.416. The van der Waals surface area contributed by atoms with Crippen molar-refractivity contribution in [2.24, 2.45) is 0 Å². The first kappa shape index (κ1) is 22.2. The number of nitrogens with one attached hydrogen (secondary N) is 1. The number of aliphatic hydroxyl groups is 1. The van der Waals surface area contributed by atoms with Crippen LogP contribution in [0.5, 0.6) is 0 Å². The van der Waals surface area contributed by atoms with Crippen molar-refractivity contribution in [3.8, 4) is 0 Å². The smallest absolute Gasteiger partial charge is 0.348 e. The molecule has 5 nitrogen and oxygen atoms in total. The number of rotatable bonds is 7. The summed E-state index contributed by atoms with van der Waals surface area (Å²) in [5.41, 5.74) is -0.344. The molecule has 0 aliphatic rings. The van der Waals surface area contributed by atoms with E-state index in [0.29, 0.717) is 11.1 Å². The number of benzene rings is 4. The third-order valence-corrected chi connectivity index (χ3v) is 5.66. The van der Waals surface area contributed by atoms with Crippen molar-refractivity contribution in [1.29, 1.82) is 0 Å². The largest absolute Gasteiger partial charge is 0.453 e. The molecule has 0 fully saturated rings. The zero-order chi connectivity index (χ0) is 23.3. The minimum Gasteiger partial charge on any atom is -0.453 e. The van der Waals surface area contributed by atoms with Gasteiger partial charge in [0.15, 0.2) is 6.61 Å². The number of hydrogen-bond acceptors (Lipinski definition) is 4. The van der Waals surface area contributed by atoms with Gasteiger partial charge in [-0.1, -0.05) is 97.1 Å². The topological polar surface area (TPSA) is 75.6 Å². The number of esters is 1. The van der Waals surface area contributed by atoms with Crippen LogP contribution in [0.2, 0.25) is 0 Å². The Balaban J connectivity index is 1.45. The molecule has 1 unspecified atom stereocenters. The summed E-state index contributed by atoms with van der Waals surface area (Å²) in [7, 11) is 0. The van der Waals surface area contributed by atoms with Crippen LogP contribution in [0.25, 0.3) is 10.8 Å². The zero-order valence-electron chi connectivity index (χ0n) is 18.3. The molecule has 0 bridgehead atoms. The Morgan fingerprint density at radius 2 is 1.36 bits per heavy atom. The minimum atomic E-state index is -2.02. The Bertz CT molecular complexity index is 1220. The van der Waals surface area contributed by atoms with Crippen LogP contribution in [0, 0.1) is 0 Å². The normalized spacial score (nSPS) is 12.2. The molecule has 4 rings (SSSR count). The molecule has 0 saturated heterocycles. The Kier molecular flexibility index (Phi) is 6.52. The van der Waals surface area contributed by atoms with Gasteiger partial charge in [-0.25, -0.2) is 4.79 Å². The maximum atomic E-state index is 13.0. The van der Waals surface area contributed by atoms with Gasteiger partial charge in [-0.3, -0.25) is 4.79 Å². The van der Waals surface area contributed by atoms with Crippen LogP contribution in [0.15, 0.2) is 103 Å². The van der Waals surface area contributed by atoms with Crippen molar-refractivity contribution < 1.29 is 19.4 Å². The van der Waals surface area contributed by atoms with E-state index in [1.165, 1.54) is 0 Å². The van der Waals surface area contributed by atoms with Crippen molar-refractivity contribution in [3.05, 3.63) is 120 Å². The van der Waals surface area contributed by atoms with Crippen molar-refractivity contribution in [2.45, 2.75) is 18.6 Å². The molecule has 5 heteroatoms. The van der Waals surface area contributed by atoms with Crippen molar-refractivity contribution in [1.82, 2.24) is 5.32 Å². The van der Waals surface area contributed by atoms with E-state index in [0.717, 1.165) is 16.3 Å². The summed E-state index contributed by atoms with van der Waals surface area (Å²) in [6, 6.07) is 30.8. The van der Waals surface area contributed by atoms with Gasteiger partial charge in [0.05, 0.1) is 6.04 Å². The van der Waals surface area contributed by atoms with Crippen LogP contribution < -0.4 is 5.32 Å². The molecule has 0 radical (unpaired) electrons. The Morgan fingerprint density at radius 1 is 0.818 bits per heavy atom. The maximum Gasteiger partial charge on any atom is 0.348 e. The molecule has 0 aliphatic heterocycles. The third-order valence-electron chi connectivity index (χ3n) is 5.66. The molecule has 2 N–H and O–H groups in total. The van der Waals surface area contributed by atoms with Gasteiger partial charge >= 0.3 is 5.97 Å². The van der Waals surface area contributed by atoms with Crippen LogP contribution in [0.1, 0.15) is 29.7 Å².